The van der Waals surface area contributed by atoms with Crippen LogP contribution in [-0.2, 0) is 0 Å². The van der Waals surface area contributed by atoms with Gasteiger partial charge in [0.05, 0.1) is 21.1 Å². The van der Waals surface area contributed by atoms with E-state index in [1.807, 2.05) is 21.1 Å². The van der Waals surface area contributed by atoms with Gasteiger partial charge in [0.15, 0.2) is 11.5 Å². The Morgan fingerprint density at radius 2 is 1.58 bits per heavy atom. The van der Waals surface area contributed by atoms with Crippen molar-refractivity contribution in [1.29, 1.82) is 0 Å². The van der Waals surface area contributed by atoms with E-state index in [1.54, 1.807) is 12.1 Å². The number of phenolic OH excluding ortho intramolecular Hbond substituents is 2. The van der Waals surface area contributed by atoms with E-state index in [-0.39, 0.29) is 11.5 Å². The van der Waals surface area contributed by atoms with Gasteiger partial charge in [-0.05, 0) is 6.07 Å². The molecule has 0 saturated carbocycles. The first-order valence-electron chi connectivity index (χ1n) is 3.75. The Labute approximate surface area is 72.1 Å². The summed E-state index contributed by atoms with van der Waals surface area (Å²) in [6.45, 7) is 0. The summed E-state index contributed by atoms with van der Waals surface area (Å²) < 4.78 is 0.619. The molecular weight excluding hydrogens is 154 g/mol. The van der Waals surface area contributed by atoms with Crippen LogP contribution >= 0.6 is 0 Å². The molecule has 0 aliphatic heterocycles. The average molecular weight is 168 g/mol. The highest BCUT2D eigenvalue weighted by Gasteiger charge is 2.13. The third-order valence-corrected chi connectivity index (χ3v) is 1.73. The molecule has 3 heteroatoms. The Morgan fingerprint density at radius 1 is 1.00 bits per heavy atom. The summed E-state index contributed by atoms with van der Waals surface area (Å²) in [4.78, 5) is 0. The Balaban J connectivity index is 3.14. The van der Waals surface area contributed by atoms with E-state index in [0.29, 0.717) is 4.48 Å². The number of aromatic hydroxyl groups is 2. The Kier molecular flexibility index (Phi) is 1.98. The highest BCUT2D eigenvalue weighted by atomic mass is 16.3. The number of benzene rings is 1. The second-order valence-electron chi connectivity index (χ2n) is 3.69. The second-order valence-corrected chi connectivity index (χ2v) is 3.69. The molecule has 0 atom stereocenters. The van der Waals surface area contributed by atoms with Crippen molar-refractivity contribution >= 4 is 5.69 Å². The number of rotatable bonds is 1. The predicted octanol–water partition coefficient (Wildman–Crippen LogP) is 1.29. The van der Waals surface area contributed by atoms with Gasteiger partial charge in [0.1, 0.15) is 5.69 Å². The van der Waals surface area contributed by atoms with Crippen LogP contribution in [0.1, 0.15) is 0 Å². The summed E-state index contributed by atoms with van der Waals surface area (Å²) in [5, 5.41) is 18.3. The van der Waals surface area contributed by atoms with Gasteiger partial charge in [-0.2, -0.15) is 0 Å². The van der Waals surface area contributed by atoms with Crippen LogP contribution in [-0.4, -0.2) is 31.4 Å². The number of hydrogen-bond donors (Lipinski definition) is 2. The van der Waals surface area contributed by atoms with Crippen molar-refractivity contribution in [1.82, 2.24) is 4.48 Å². The molecule has 0 saturated heterocycles. The Hall–Kier alpha value is -1.22. The number of phenols is 2. The van der Waals surface area contributed by atoms with Crippen molar-refractivity contribution in [3.63, 3.8) is 0 Å². The van der Waals surface area contributed by atoms with Crippen LogP contribution in [0.2, 0.25) is 0 Å². The molecule has 0 radical (unpaired) electrons. The first-order chi connectivity index (χ1) is 5.41. The maximum absolute atomic E-state index is 9.20. The van der Waals surface area contributed by atoms with Crippen LogP contribution < -0.4 is 4.48 Å². The van der Waals surface area contributed by atoms with Crippen LogP contribution in [0.15, 0.2) is 18.2 Å². The summed E-state index contributed by atoms with van der Waals surface area (Å²) in [5.41, 5.74) is 0.949. The fourth-order valence-corrected chi connectivity index (χ4v) is 0.929. The van der Waals surface area contributed by atoms with Crippen LogP contribution in [0.5, 0.6) is 11.5 Å². The summed E-state index contributed by atoms with van der Waals surface area (Å²) in [5.74, 6) is -0.146. The van der Waals surface area contributed by atoms with Gasteiger partial charge < -0.3 is 10.2 Å². The fraction of sp³-hybridized carbons (Fsp3) is 0.333. The molecule has 0 spiro atoms. The van der Waals surface area contributed by atoms with E-state index < -0.39 is 0 Å². The first-order valence-corrected chi connectivity index (χ1v) is 3.75. The lowest BCUT2D eigenvalue weighted by molar-refractivity contribution is 0.400. The van der Waals surface area contributed by atoms with Crippen LogP contribution in [0.4, 0.5) is 5.69 Å². The summed E-state index contributed by atoms with van der Waals surface area (Å²) >= 11 is 0. The van der Waals surface area contributed by atoms with Gasteiger partial charge in [0, 0.05) is 12.1 Å². The minimum absolute atomic E-state index is 0.0689. The number of hydrogen-bond acceptors (Lipinski definition) is 2. The van der Waals surface area contributed by atoms with Crippen molar-refractivity contribution in [2.45, 2.75) is 0 Å². The topological polar surface area (TPSA) is 40.5 Å². The van der Waals surface area contributed by atoms with Gasteiger partial charge in [-0.15, -0.1) is 0 Å². The third-order valence-electron chi connectivity index (χ3n) is 1.73. The number of quaternary nitrogens is 1. The Morgan fingerprint density at radius 3 is 2.00 bits per heavy atom. The minimum atomic E-state index is -0.0767. The van der Waals surface area contributed by atoms with E-state index in [0.717, 1.165) is 5.69 Å². The zero-order chi connectivity index (χ0) is 9.35. The SMILES string of the molecule is C[N+](C)(C)c1ccc(O)c(O)c1. The molecule has 66 valence electrons. The van der Waals surface area contributed by atoms with Gasteiger partial charge >= 0.3 is 0 Å². The van der Waals surface area contributed by atoms with Crippen molar-refractivity contribution in [3.8, 4) is 11.5 Å². The molecule has 0 aliphatic carbocycles. The summed E-state index contributed by atoms with van der Waals surface area (Å²) in [6, 6.07) is 4.85. The monoisotopic (exact) mass is 168 g/mol. The normalized spacial score (nSPS) is 11.6. The van der Waals surface area contributed by atoms with Crippen molar-refractivity contribution < 1.29 is 10.2 Å². The Bertz CT molecular complexity index is 289. The molecule has 1 aromatic carbocycles. The largest absolute Gasteiger partial charge is 0.504 e. The average Bonchev–Trinajstić information content (AvgIpc) is 1.92. The minimum Gasteiger partial charge on any atom is -0.504 e. The molecule has 0 heterocycles. The van der Waals surface area contributed by atoms with E-state index in [9.17, 15) is 5.11 Å². The third kappa shape index (κ3) is 1.68. The summed E-state index contributed by atoms with van der Waals surface area (Å²) in [7, 11) is 5.98. The van der Waals surface area contributed by atoms with Crippen molar-refractivity contribution in [2.24, 2.45) is 0 Å². The smallest absolute Gasteiger partial charge is 0.163 e. The lowest BCUT2D eigenvalue weighted by atomic mass is 10.2. The maximum atomic E-state index is 9.20. The predicted molar refractivity (Wildman–Crippen MR) is 49.3 cm³/mol. The van der Waals surface area contributed by atoms with Crippen LogP contribution in [0.25, 0.3) is 0 Å². The molecule has 3 nitrogen and oxygen atoms in total. The van der Waals surface area contributed by atoms with E-state index in [1.165, 1.54) is 6.07 Å². The molecule has 1 aromatic rings. The quantitative estimate of drug-likeness (QED) is 0.490. The molecular formula is C9H14NO2+. The molecule has 0 unspecified atom stereocenters. The highest BCUT2D eigenvalue weighted by Crippen LogP contribution is 2.30. The zero-order valence-electron chi connectivity index (χ0n) is 7.57. The lowest BCUT2D eigenvalue weighted by Crippen LogP contribution is -2.34. The van der Waals surface area contributed by atoms with E-state index >= 15 is 0 Å². The fourth-order valence-electron chi connectivity index (χ4n) is 0.929. The van der Waals surface area contributed by atoms with Crippen LogP contribution in [0.3, 0.4) is 0 Å². The van der Waals surface area contributed by atoms with E-state index in [4.69, 9.17) is 5.11 Å². The molecule has 0 bridgehead atoms. The van der Waals surface area contributed by atoms with Crippen molar-refractivity contribution in [2.75, 3.05) is 21.1 Å². The summed E-state index contributed by atoms with van der Waals surface area (Å²) in [6.07, 6.45) is 0. The van der Waals surface area contributed by atoms with Gasteiger partial charge in [-0.3, -0.25) is 4.48 Å². The molecule has 0 fully saturated rings. The molecule has 1 rings (SSSR count). The number of nitrogens with zero attached hydrogens (tertiary/aromatic N) is 1. The standard InChI is InChI=1S/C9H13NO2/c1-10(2,3)7-4-5-8(11)9(12)6-7/h4-6H,1-3H3,(H-,11,12)/p+1. The van der Waals surface area contributed by atoms with Crippen LogP contribution in [0, 0.1) is 0 Å². The van der Waals surface area contributed by atoms with Gasteiger partial charge in [-0.25, -0.2) is 0 Å². The zero-order valence-corrected chi connectivity index (χ0v) is 7.57. The molecule has 0 aliphatic rings. The lowest BCUT2D eigenvalue weighted by Gasteiger charge is -2.23. The van der Waals surface area contributed by atoms with E-state index in [2.05, 4.69) is 0 Å². The maximum Gasteiger partial charge on any atom is 0.163 e. The molecule has 0 amide bonds. The molecule has 0 aromatic heterocycles. The van der Waals surface area contributed by atoms with Gasteiger partial charge in [0.25, 0.3) is 0 Å². The molecule has 12 heavy (non-hydrogen) atoms. The van der Waals surface area contributed by atoms with Gasteiger partial charge in [-0.1, -0.05) is 0 Å². The highest BCUT2D eigenvalue weighted by molar-refractivity contribution is 5.52. The van der Waals surface area contributed by atoms with Crippen molar-refractivity contribution in [3.05, 3.63) is 18.2 Å². The van der Waals surface area contributed by atoms with Gasteiger partial charge in [0.2, 0.25) is 0 Å². The molecule has 2 N–H and O–H groups in total. The first kappa shape index (κ1) is 8.87. The second kappa shape index (κ2) is 2.68.